The number of oxime groups is 1. The Kier molecular flexibility index (Phi) is 4.68. The molecule has 94 valence electrons. The SMILES string of the molecule is CCCC(C)Oc1nc(C)cc(/C(N)=N/O)n1. The van der Waals surface area contributed by atoms with E-state index in [0.29, 0.717) is 11.4 Å². The fourth-order valence-electron chi connectivity index (χ4n) is 1.42. The summed E-state index contributed by atoms with van der Waals surface area (Å²) in [5.74, 6) is -0.0523. The van der Waals surface area contributed by atoms with Gasteiger partial charge < -0.3 is 15.7 Å². The number of aryl methyl sites for hydroxylation is 1. The van der Waals surface area contributed by atoms with E-state index in [9.17, 15) is 0 Å². The van der Waals surface area contributed by atoms with Crippen LogP contribution in [-0.4, -0.2) is 27.1 Å². The molecule has 1 heterocycles. The Bertz CT molecular complexity index is 406. The van der Waals surface area contributed by atoms with Gasteiger partial charge in [0.1, 0.15) is 5.69 Å². The zero-order valence-electron chi connectivity index (χ0n) is 10.3. The van der Waals surface area contributed by atoms with Crippen LogP contribution in [0.1, 0.15) is 38.1 Å². The number of ether oxygens (including phenoxy) is 1. The minimum atomic E-state index is -0.0523. The Morgan fingerprint density at radius 3 is 2.88 bits per heavy atom. The Morgan fingerprint density at radius 2 is 2.29 bits per heavy atom. The average molecular weight is 238 g/mol. The zero-order valence-corrected chi connectivity index (χ0v) is 10.3. The summed E-state index contributed by atoms with van der Waals surface area (Å²) < 4.78 is 5.56. The van der Waals surface area contributed by atoms with Gasteiger partial charge >= 0.3 is 6.01 Å². The number of nitrogens with two attached hydrogens (primary N) is 1. The lowest BCUT2D eigenvalue weighted by Crippen LogP contribution is -2.18. The largest absolute Gasteiger partial charge is 0.460 e. The van der Waals surface area contributed by atoms with Crippen LogP contribution in [0.4, 0.5) is 0 Å². The van der Waals surface area contributed by atoms with E-state index in [2.05, 4.69) is 22.0 Å². The van der Waals surface area contributed by atoms with Crippen molar-refractivity contribution < 1.29 is 9.94 Å². The van der Waals surface area contributed by atoms with Gasteiger partial charge in [-0.1, -0.05) is 18.5 Å². The average Bonchev–Trinajstić information content (AvgIpc) is 2.27. The van der Waals surface area contributed by atoms with Crippen LogP contribution in [0.15, 0.2) is 11.2 Å². The molecule has 0 radical (unpaired) electrons. The van der Waals surface area contributed by atoms with Crippen molar-refractivity contribution in [2.24, 2.45) is 10.9 Å². The third kappa shape index (κ3) is 3.90. The summed E-state index contributed by atoms with van der Waals surface area (Å²) in [6.45, 7) is 5.84. The van der Waals surface area contributed by atoms with Crippen LogP contribution in [0, 0.1) is 6.92 Å². The lowest BCUT2D eigenvalue weighted by atomic mass is 10.2. The lowest BCUT2D eigenvalue weighted by molar-refractivity contribution is 0.192. The molecule has 1 atom stereocenters. The highest BCUT2D eigenvalue weighted by molar-refractivity contribution is 5.95. The van der Waals surface area contributed by atoms with Crippen molar-refractivity contribution in [3.8, 4) is 6.01 Å². The molecule has 0 saturated carbocycles. The molecule has 0 aliphatic carbocycles. The molecule has 6 nitrogen and oxygen atoms in total. The smallest absolute Gasteiger partial charge is 0.317 e. The Labute approximate surface area is 101 Å². The molecule has 0 aliphatic rings. The fraction of sp³-hybridized carbons (Fsp3) is 0.545. The maximum atomic E-state index is 8.60. The summed E-state index contributed by atoms with van der Waals surface area (Å²) in [4.78, 5) is 8.22. The third-order valence-electron chi connectivity index (χ3n) is 2.21. The Balaban J connectivity index is 2.90. The summed E-state index contributed by atoms with van der Waals surface area (Å²) in [7, 11) is 0. The molecule has 0 aromatic carbocycles. The fourth-order valence-corrected chi connectivity index (χ4v) is 1.42. The number of amidine groups is 1. The number of aromatic nitrogens is 2. The molecule has 0 bridgehead atoms. The summed E-state index contributed by atoms with van der Waals surface area (Å²) >= 11 is 0. The van der Waals surface area contributed by atoms with Gasteiger partial charge in [-0.05, 0) is 26.3 Å². The van der Waals surface area contributed by atoms with Gasteiger partial charge in [0.15, 0.2) is 5.84 Å². The second-order valence-electron chi connectivity index (χ2n) is 3.88. The summed E-state index contributed by atoms with van der Waals surface area (Å²) in [6, 6.07) is 1.89. The normalized spacial score (nSPS) is 13.5. The van der Waals surface area contributed by atoms with Gasteiger partial charge in [0.2, 0.25) is 0 Å². The van der Waals surface area contributed by atoms with Crippen LogP contribution in [0.25, 0.3) is 0 Å². The quantitative estimate of drug-likeness (QED) is 0.350. The van der Waals surface area contributed by atoms with Crippen molar-refractivity contribution in [1.82, 2.24) is 9.97 Å². The summed E-state index contributed by atoms with van der Waals surface area (Å²) in [6.07, 6.45) is 2.00. The zero-order chi connectivity index (χ0) is 12.8. The van der Waals surface area contributed by atoms with Crippen LogP contribution in [0.5, 0.6) is 6.01 Å². The first-order chi connectivity index (χ1) is 8.06. The van der Waals surface area contributed by atoms with E-state index >= 15 is 0 Å². The molecular weight excluding hydrogens is 220 g/mol. The van der Waals surface area contributed by atoms with E-state index in [4.69, 9.17) is 15.7 Å². The van der Waals surface area contributed by atoms with Gasteiger partial charge in [-0.25, -0.2) is 4.98 Å². The molecule has 1 aromatic heterocycles. The first kappa shape index (κ1) is 13.2. The molecule has 1 unspecified atom stereocenters. The standard InChI is InChI=1S/C11H18N4O2/c1-4-5-8(3)17-11-13-7(2)6-9(14-11)10(12)15-16/h6,8,16H,4-5H2,1-3H3,(H2,12,15). The Hall–Kier alpha value is -1.85. The molecule has 1 rings (SSSR count). The second-order valence-corrected chi connectivity index (χ2v) is 3.88. The number of nitrogens with zero attached hydrogens (tertiary/aromatic N) is 3. The van der Waals surface area contributed by atoms with E-state index in [0.717, 1.165) is 12.8 Å². The molecule has 0 aliphatic heterocycles. The maximum Gasteiger partial charge on any atom is 0.317 e. The van der Waals surface area contributed by atoms with Crippen LogP contribution >= 0.6 is 0 Å². The van der Waals surface area contributed by atoms with Crippen molar-refractivity contribution in [1.29, 1.82) is 0 Å². The third-order valence-corrected chi connectivity index (χ3v) is 2.21. The minimum Gasteiger partial charge on any atom is -0.460 e. The van der Waals surface area contributed by atoms with Crippen molar-refractivity contribution >= 4 is 5.84 Å². The van der Waals surface area contributed by atoms with Crippen LogP contribution < -0.4 is 10.5 Å². The van der Waals surface area contributed by atoms with E-state index < -0.39 is 0 Å². The molecule has 17 heavy (non-hydrogen) atoms. The van der Waals surface area contributed by atoms with Gasteiger partial charge in [-0.15, -0.1) is 0 Å². The molecule has 3 N–H and O–H groups in total. The van der Waals surface area contributed by atoms with Gasteiger partial charge in [0.25, 0.3) is 0 Å². The lowest BCUT2D eigenvalue weighted by Gasteiger charge is -2.12. The van der Waals surface area contributed by atoms with Gasteiger partial charge in [-0.2, -0.15) is 4.98 Å². The summed E-state index contributed by atoms with van der Waals surface area (Å²) in [5.41, 5.74) is 6.54. The monoisotopic (exact) mass is 238 g/mol. The van der Waals surface area contributed by atoms with E-state index in [1.807, 2.05) is 6.92 Å². The predicted octanol–water partition coefficient (Wildman–Crippen LogP) is 1.45. The van der Waals surface area contributed by atoms with Crippen LogP contribution in [0.3, 0.4) is 0 Å². The minimum absolute atomic E-state index is 0.0435. The molecule has 0 amide bonds. The topological polar surface area (TPSA) is 93.6 Å². The number of hydrogen-bond donors (Lipinski definition) is 2. The summed E-state index contributed by atoms with van der Waals surface area (Å²) in [5, 5.41) is 11.5. The maximum absolute atomic E-state index is 8.60. The predicted molar refractivity (Wildman–Crippen MR) is 64.3 cm³/mol. The van der Waals surface area contributed by atoms with Crippen molar-refractivity contribution in [2.75, 3.05) is 0 Å². The first-order valence-electron chi connectivity index (χ1n) is 5.57. The second kappa shape index (κ2) is 6.03. The van der Waals surface area contributed by atoms with Crippen LogP contribution in [-0.2, 0) is 0 Å². The van der Waals surface area contributed by atoms with Crippen molar-refractivity contribution in [3.63, 3.8) is 0 Å². The first-order valence-corrected chi connectivity index (χ1v) is 5.57. The van der Waals surface area contributed by atoms with Gasteiger partial charge in [-0.3, -0.25) is 0 Å². The molecule has 0 fully saturated rings. The Morgan fingerprint density at radius 1 is 1.59 bits per heavy atom. The molecule has 6 heteroatoms. The molecular formula is C11H18N4O2. The van der Waals surface area contributed by atoms with Gasteiger partial charge in [0, 0.05) is 5.69 Å². The number of rotatable bonds is 5. The van der Waals surface area contributed by atoms with E-state index in [-0.39, 0.29) is 18.0 Å². The van der Waals surface area contributed by atoms with Crippen LogP contribution in [0.2, 0.25) is 0 Å². The highest BCUT2D eigenvalue weighted by atomic mass is 16.5. The van der Waals surface area contributed by atoms with E-state index in [1.54, 1.807) is 13.0 Å². The van der Waals surface area contributed by atoms with Crippen molar-refractivity contribution in [3.05, 3.63) is 17.5 Å². The number of hydrogen-bond acceptors (Lipinski definition) is 5. The van der Waals surface area contributed by atoms with Gasteiger partial charge in [0.05, 0.1) is 6.10 Å². The molecule has 1 aromatic rings. The molecule has 0 saturated heterocycles. The molecule has 0 spiro atoms. The van der Waals surface area contributed by atoms with Crippen molar-refractivity contribution in [2.45, 2.75) is 39.7 Å². The van der Waals surface area contributed by atoms with E-state index in [1.165, 1.54) is 0 Å². The highest BCUT2D eigenvalue weighted by Gasteiger charge is 2.10. The highest BCUT2D eigenvalue weighted by Crippen LogP contribution is 2.10.